The van der Waals surface area contributed by atoms with Crippen LogP contribution in [0, 0.1) is 40.9 Å². The van der Waals surface area contributed by atoms with Crippen molar-refractivity contribution < 1.29 is 9.53 Å². The average molecular weight is 324 g/mol. The van der Waals surface area contributed by atoms with Gasteiger partial charge in [-0.25, -0.2) is 0 Å². The monoisotopic (exact) mass is 324 g/mol. The van der Waals surface area contributed by atoms with Gasteiger partial charge in [-0.05, 0) is 85.7 Å². The highest BCUT2D eigenvalue weighted by atomic mass is 16.5. The molecule has 4 fully saturated rings. The van der Waals surface area contributed by atoms with Gasteiger partial charge in [0.25, 0.3) is 0 Å². The summed E-state index contributed by atoms with van der Waals surface area (Å²) in [5.41, 5.74) is 1.96. The Morgan fingerprint density at radius 2 is 2.12 bits per heavy atom. The first-order chi connectivity index (χ1) is 11.6. The minimum absolute atomic E-state index is 0.222. The van der Waals surface area contributed by atoms with E-state index in [9.17, 15) is 4.79 Å². The second-order valence-corrected chi connectivity index (χ2v) is 9.69. The fourth-order valence-corrected chi connectivity index (χ4v) is 8.16. The van der Waals surface area contributed by atoms with E-state index in [1.54, 1.807) is 0 Å². The van der Waals surface area contributed by atoms with Gasteiger partial charge in [-0.2, -0.15) is 0 Å². The molecule has 6 rings (SSSR count). The molecule has 0 aromatic carbocycles. The van der Waals surface area contributed by atoms with Crippen LogP contribution in [-0.4, -0.2) is 18.0 Å². The molecule has 1 saturated heterocycles. The standard InChI is InChI=1S/C22H28O2/c1-21-9-7-16-15-6-4-14(23)11-13(15)3-5-17(16)20(21)18-12-19(18)22(21)8-2-10-24-22/h3,5,11,15-20H,2,4,6-10,12H2,1H3/t15-,16+,17+,18+,19-,20+,21-,22-/m0/s1. The maximum Gasteiger partial charge on any atom is 0.155 e. The van der Waals surface area contributed by atoms with Crippen LogP contribution in [0.4, 0.5) is 0 Å². The maximum atomic E-state index is 11.8. The van der Waals surface area contributed by atoms with Gasteiger partial charge in [0.2, 0.25) is 0 Å². The summed E-state index contributed by atoms with van der Waals surface area (Å²) < 4.78 is 6.55. The molecule has 0 aromatic rings. The quantitative estimate of drug-likeness (QED) is 0.664. The van der Waals surface area contributed by atoms with Crippen molar-refractivity contribution in [1.29, 1.82) is 0 Å². The fraction of sp³-hybridized carbons (Fsp3) is 0.773. The molecule has 6 aliphatic rings. The Balaban J connectivity index is 1.42. The van der Waals surface area contributed by atoms with Crippen molar-refractivity contribution in [2.75, 3.05) is 6.61 Å². The molecule has 0 unspecified atom stereocenters. The van der Waals surface area contributed by atoms with Crippen molar-refractivity contribution in [3.05, 3.63) is 23.8 Å². The molecule has 24 heavy (non-hydrogen) atoms. The Morgan fingerprint density at radius 3 is 2.96 bits per heavy atom. The molecule has 1 heterocycles. The Bertz CT molecular complexity index is 667. The molecule has 0 radical (unpaired) electrons. The molecule has 2 nitrogen and oxygen atoms in total. The predicted octanol–water partition coefficient (Wildman–Crippen LogP) is 4.31. The van der Waals surface area contributed by atoms with Gasteiger partial charge in [-0.15, -0.1) is 0 Å². The van der Waals surface area contributed by atoms with Gasteiger partial charge in [0.15, 0.2) is 5.78 Å². The zero-order chi connectivity index (χ0) is 16.1. The molecule has 0 aromatic heterocycles. The molecular formula is C22H28O2. The number of carbonyl (C=O) groups excluding carboxylic acids is 1. The summed E-state index contributed by atoms with van der Waals surface area (Å²) >= 11 is 0. The Morgan fingerprint density at radius 1 is 1.21 bits per heavy atom. The molecular weight excluding hydrogens is 296 g/mol. The van der Waals surface area contributed by atoms with Crippen LogP contribution in [0.15, 0.2) is 23.8 Å². The van der Waals surface area contributed by atoms with Gasteiger partial charge in [0, 0.05) is 18.4 Å². The first-order valence-corrected chi connectivity index (χ1v) is 10.2. The number of ether oxygens (including phenoxy) is 1. The predicted molar refractivity (Wildman–Crippen MR) is 92.3 cm³/mol. The van der Waals surface area contributed by atoms with Gasteiger partial charge in [0.05, 0.1) is 5.60 Å². The molecule has 0 amide bonds. The zero-order valence-electron chi connectivity index (χ0n) is 14.7. The SMILES string of the molecule is C[C@]12CC[C@H]3[C@@H](C=CC4=CC(=O)CC[C@@H]43)[C@@H]1[C@@H]1C[C@@H]1[C@@]21CCCO1. The first kappa shape index (κ1) is 14.3. The van der Waals surface area contributed by atoms with Crippen LogP contribution in [0.2, 0.25) is 0 Å². The van der Waals surface area contributed by atoms with E-state index in [2.05, 4.69) is 19.1 Å². The van der Waals surface area contributed by atoms with Crippen molar-refractivity contribution >= 4 is 5.78 Å². The average Bonchev–Trinajstić information content (AvgIpc) is 3.13. The lowest BCUT2D eigenvalue weighted by molar-refractivity contribution is -0.139. The van der Waals surface area contributed by atoms with E-state index in [0.29, 0.717) is 17.1 Å². The van der Waals surface area contributed by atoms with E-state index < -0.39 is 0 Å². The van der Waals surface area contributed by atoms with Gasteiger partial charge in [0.1, 0.15) is 0 Å². The largest absolute Gasteiger partial charge is 0.374 e. The summed E-state index contributed by atoms with van der Waals surface area (Å²) in [6.07, 6.45) is 15.3. The van der Waals surface area contributed by atoms with E-state index in [1.165, 1.54) is 37.7 Å². The van der Waals surface area contributed by atoms with Crippen LogP contribution < -0.4 is 0 Å². The number of hydrogen-bond acceptors (Lipinski definition) is 2. The third-order valence-corrected chi connectivity index (χ3v) is 9.05. The van der Waals surface area contributed by atoms with Gasteiger partial charge in [-0.3, -0.25) is 4.79 Å². The van der Waals surface area contributed by atoms with E-state index in [1.807, 2.05) is 6.08 Å². The molecule has 0 N–H and O–H groups in total. The maximum absolute atomic E-state index is 11.8. The fourth-order valence-electron chi connectivity index (χ4n) is 8.16. The number of hydrogen-bond donors (Lipinski definition) is 0. The lowest BCUT2D eigenvalue weighted by Crippen LogP contribution is -2.54. The van der Waals surface area contributed by atoms with Gasteiger partial charge < -0.3 is 4.74 Å². The molecule has 3 saturated carbocycles. The Hall–Kier alpha value is -0.890. The van der Waals surface area contributed by atoms with E-state index in [0.717, 1.165) is 49.0 Å². The highest BCUT2D eigenvalue weighted by molar-refractivity contribution is 5.91. The zero-order valence-corrected chi connectivity index (χ0v) is 14.7. The topological polar surface area (TPSA) is 26.3 Å². The van der Waals surface area contributed by atoms with Crippen LogP contribution in [0.3, 0.4) is 0 Å². The third kappa shape index (κ3) is 1.51. The number of carbonyl (C=O) groups is 1. The number of ketones is 1. The third-order valence-electron chi connectivity index (χ3n) is 9.05. The van der Waals surface area contributed by atoms with E-state index in [4.69, 9.17) is 4.74 Å². The summed E-state index contributed by atoms with van der Waals surface area (Å²) in [7, 11) is 0. The van der Waals surface area contributed by atoms with Gasteiger partial charge in [-0.1, -0.05) is 19.1 Å². The Labute approximate surface area is 144 Å². The summed E-state index contributed by atoms with van der Waals surface area (Å²) in [6.45, 7) is 3.57. The number of allylic oxidation sites excluding steroid dienone is 4. The number of rotatable bonds is 0. The van der Waals surface area contributed by atoms with E-state index in [-0.39, 0.29) is 5.60 Å². The van der Waals surface area contributed by atoms with Crippen LogP contribution in [0.5, 0.6) is 0 Å². The van der Waals surface area contributed by atoms with Crippen molar-refractivity contribution in [2.45, 2.75) is 57.5 Å². The van der Waals surface area contributed by atoms with Gasteiger partial charge >= 0.3 is 0 Å². The second-order valence-electron chi connectivity index (χ2n) is 9.69. The minimum atomic E-state index is 0.222. The van der Waals surface area contributed by atoms with Crippen molar-refractivity contribution in [3.8, 4) is 0 Å². The summed E-state index contributed by atoms with van der Waals surface area (Å²) in [4.78, 5) is 11.8. The van der Waals surface area contributed by atoms with Crippen LogP contribution in [-0.2, 0) is 9.53 Å². The number of fused-ring (bicyclic) bond motifs is 9. The lowest BCUT2D eigenvalue weighted by Gasteiger charge is -2.56. The minimum Gasteiger partial charge on any atom is -0.374 e. The molecule has 1 aliphatic heterocycles. The smallest absolute Gasteiger partial charge is 0.155 e. The van der Waals surface area contributed by atoms with Crippen LogP contribution in [0.25, 0.3) is 0 Å². The lowest BCUT2D eigenvalue weighted by atomic mass is 9.50. The molecule has 1 spiro atoms. The molecule has 5 aliphatic carbocycles. The van der Waals surface area contributed by atoms with Crippen LogP contribution in [0.1, 0.15) is 51.9 Å². The van der Waals surface area contributed by atoms with Crippen molar-refractivity contribution in [2.24, 2.45) is 40.9 Å². The molecule has 0 bridgehead atoms. The van der Waals surface area contributed by atoms with Crippen LogP contribution >= 0.6 is 0 Å². The van der Waals surface area contributed by atoms with Crippen molar-refractivity contribution in [1.82, 2.24) is 0 Å². The summed E-state index contributed by atoms with van der Waals surface area (Å²) in [5.74, 6) is 5.11. The molecule has 8 atom stereocenters. The highest BCUT2D eigenvalue weighted by Crippen LogP contribution is 2.77. The first-order valence-electron chi connectivity index (χ1n) is 10.2. The summed E-state index contributed by atoms with van der Waals surface area (Å²) in [5, 5.41) is 0. The summed E-state index contributed by atoms with van der Waals surface area (Å²) in [6, 6.07) is 0. The second kappa shape index (κ2) is 4.44. The molecule has 2 heteroatoms. The molecule has 128 valence electrons. The highest BCUT2D eigenvalue weighted by Gasteiger charge is 2.76. The van der Waals surface area contributed by atoms with E-state index >= 15 is 0 Å². The van der Waals surface area contributed by atoms with Crippen molar-refractivity contribution in [3.63, 3.8) is 0 Å². The normalized spacial score (nSPS) is 57.2. The Kier molecular flexibility index (Phi) is 2.64.